The molecule has 0 saturated carbocycles. The molecule has 3 aromatic carbocycles. The lowest BCUT2D eigenvalue weighted by molar-refractivity contribution is 0.247. The Morgan fingerprint density at radius 1 is 1.00 bits per heavy atom. The first-order chi connectivity index (χ1) is 14.4. The number of carbonyl (C=O) groups excluding carboxylic acids is 1. The van der Waals surface area contributed by atoms with Gasteiger partial charge in [0, 0.05) is 35.2 Å². The van der Waals surface area contributed by atoms with Crippen molar-refractivity contribution < 1.29 is 9.90 Å². The van der Waals surface area contributed by atoms with E-state index in [1.54, 1.807) is 18.2 Å². The first-order valence-corrected chi connectivity index (χ1v) is 10.6. The van der Waals surface area contributed by atoms with Crippen LogP contribution in [0.2, 0.25) is 15.1 Å². The molecule has 1 unspecified atom stereocenters. The Balaban J connectivity index is 2.03. The molecule has 1 aliphatic rings. The molecule has 3 aromatic rings. The average Bonchev–Trinajstić information content (AvgIpc) is 2.74. The van der Waals surface area contributed by atoms with Crippen LogP contribution >= 0.6 is 34.8 Å². The Kier molecular flexibility index (Phi) is 5.94. The number of para-hydroxylation sites is 1. The molecule has 0 aromatic heterocycles. The predicted molar refractivity (Wildman–Crippen MR) is 123 cm³/mol. The lowest BCUT2D eigenvalue weighted by Gasteiger charge is -2.33. The topological polar surface area (TPSA) is 52.6 Å². The number of halogens is 3. The fourth-order valence-electron chi connectivity index (χ4n) is 3.65. The first kappa shape index (κ1) is 21.0. The van der Waals surface area contributed by atoms with Gasteiger partial charge in [0.2, 0.25) is 0 Å². The van der Waals surface area contributed by atoms with Crippen molar-refractivity contribution in [3.63, 3.8) is 0 Å². The molecule has 1 heterocycles. The third-order valence-corrected chi connectivity index (χ3v) is 6.22. The number of nitrogens with one attached hydrogen (secondary N) is 1. The smallest absolute Gasteiger partial charge is 0.326 e. The largest absolute Gasteiger partial charge is 0.396 e. The van der Waals surface area contributed by atoms with Crippen molar-refractivity contribution in [2.75, 3.05) is 11.5 Å². The van der Waals surface area contributed by atoms with Gasteiger partial charge in [-0.2, -0.15) is 0 Å². The van der Waals surface area contributed by atoms with Crippen molar-refractivity contribution in [2.24, 2.45) is 0 Å². The zero-order chi connectivity index (χ0) is 21.4. The minimum atomic E-state index is -0.323. The number of anilines is 2. The summed E-state index contributed by atoms with van der Waals surface area (Å²) >= 11 is 19.4. The predicted octanol–water partition coefficient (Wildman–Crippen LogP) is 6.77. The zero-order valence-corrected chi connectivity index (χ0v) is 18.4. The summed E-state index contributed by atoms with van der Waals surface area (Å²) in [7, 11) is 0. The molecule has 0 aliphatic carbocycles. The van der Waals surface area contributed by atoms with Gasteiger partial charge in [-0.3, -0.25) is 4.90 Å². The summed E-state index contributed by atoms with van der Waals surface area (Å²) in [6, 6.07) is 16.3. The van der Waals surface area contributed by atoms with Crippen LogP contribution < -0.4 is 10.2 Å². The molecule has 30 heavy (non-hydrogen) atoms. The number of fused-ring (bicyclic) bond motifs is 1. The molecule has 1 atom stereocenters. The highest BCUT2D eigenvalue weighted by Gasteiger charge is 2.31. The molecule has 0 spiro atoms. The number of aliphatic hydroxyl groups is 1. The second-order valence-corrected chi connectivity index (χ2v) is 8.42. The Morgan fingerprint density at radius 3 is 2.33 bits per heavy atom. The summed E-state index contributed by atoms with van der Waals surface area (Å²) in [4.78, 5) is 14.4. The Morgan fingerprint density at radius 2 is 1.67 bits per heavy atom. The van der Waals surface area contributed by atoms with Crippen molar-refractivity contribution in [1.82, 2.24) is 5.32 Å². The average molecular weight is 462 g/mol. The Hall–Kier alpha value is -2.24. The van der Waals surface area contributed by atoms with Crippen LogP contribution in [0.4, 0.5) is 16.2 Å². The summed E-state index contributed by atoms with van der Waals surface area (Å²) in [5.41, 5.74) is 4.60. The minimum Gasteiger partial charge on any atom is -0.396 e. The lowest BCUT2D eigenvalue weighted by atomic mass is 9.90. The lowest BCUT2D eigenvalue weighted by Crippen LogP contribution is -2.41. The third-order valence-electron chi connectivity index (χ3n) is 5.28. The summed E-state index contributed by atoms with van der Waals surface area (Å²) in [5.74, 6) is -0.134. The van der Waals surface area contributed by atoms with Crippen molar-refractivity contribution >= 4 is 52.2 Å². The standard InChI is InChI=1S/C23H19Cl3N2O2/c1-13(12-29)14-9-16(15-5-2-3-6-18(15)24)17-11-27-23(30)28(21(17)10-14)22-19(25)7-4-8-20(22)26/h2-10,13,29H,11-12H2,1H3,(H,27,30). The van der Waals surface area contributed by atoms with Crippen LogP contribution in [0, 0.1) is 0 Å². The number of amides is 2. The Bertz CT molecular complexity index is 1110. The van der Waals surface area contributed by atoms with E-state index in [0.717, 1.165) is 22.3 Å². The van der Waals surface area contributed by atoms with E-state index in [4.69, 9.17) is 34.8 Å². The van der Waals surface area contributed by atoms with E-state index in [1.165, 1.54) is 4.90 Å². The van der Waals surface area contributed by atoms with E-state index in [-0.39, 0.29) is 18.6 Å². The zero-order valence-electron chi connectivity index (χ0n) is 16.1. The van der Waals surface area contributed by atoms with Crippen LogP contribution in [-0.2, 0) is 6.54 Å². The number of hydrogen-bond acceptors (Lipinski definition) is 2. The molecule has 0 fully saturated rings. The van der Waals surface area contributed by atoms with E-state index in [0.29, 0.717) is 33.0 Å². The van der Waals surface area contributed by atoms with E-state index in [1.807, 2.05) is 43.3 Å². The van der Waals surface area contributed by atoms with Crippen LogP contribution in [0.5, 0.6) is 0 Å². The molecule has 154 valence electrons. The summed E-state index contributed by atoms with van der Waals surface area (Å²) in [6.45, 7) is 2.23. The van der Waals surface area contributed by atoms with Crippen LogP contribution in [0.1, 0.15) is 24.0 Å². The van der Waals surface area contributed by atoms with E-state index < -0.39 is 0 Å². The molecule has 7 heteroatoms. The number of carbonyl (C=O) groups is 1. The van der Waals surface area contributed by atoms with Crippen LogP contribution in [-0.4, -0.2) is 17.7 Å². The molecule has 2 N–H and O–H groups in total. The van der Waals surface area contributed by atoms with Gasteiger partial charge in [-0.1, -0.05) is 72.1 Å². The number of aliphatic hydroxyl groups excluding tert-OH is 1. The maximum atomic E-state index is 12.9. The monoisotopic (exact) mass is 460 g/mol. The van der Waals surface area contributed by atoms with Crippen LogP contribution in [0.25, 0.3) is 11.1 Å². The highest BCUT2D eigenvalue weighted by molar-refractivity contribution is 6.40. The van der Waals surface area contributed by atoms with Gasteiger partial charge in [0.05, 0.1) is 21.4 Å². The minimum absolute atomic E-state index is 0.0280. The third kappa shape index (κ3) is 3.65. The first-order valence-electron chi connectivity index (χ1n) is 9.47. The second kappa shape index (κ2) is 8.48. The molecule has 4 nitrogen and oxygen atoms in total. The second-order valence-electron chi connectivity index (χ2n) is 7.19. The van der Waals surface area contributed by atoms with Crippen molar-refractivity contribution in [2.45, 2.75) is 19.4 Å². The molecule has 4 rings (SSSR count). The molecule has 0 radical (unpaired) electrons. The maximum Gasteiger partial charge on any atom is 0.326 e. The number of hydrogen-bond donors (Lipinski definition) is 2. The van der Waals surface area contributed by atoms with Gasteiger partial charge in [-0.25, -0.2) is 4.79 Å². The highest BCUT2D eigenvalue weighted by atomic mass is 35.5. The van der Waals surface area contributed by atoms with Crippen molar-refractivity contribution in [3.05, 3.63) is 80.8 Å². The fraction of sp³-hybridized carbons (Fsp3) is 0.174. The maximum absolute atomic E-state index is 12.9. The molecule has 0 bridgehead atoms. The van der Waals surface area contributed by atoms with Crippen LogP contribution in [0.15, 0.2) is 54.6 Å². The SMILES string of the molecule is CC(CO)c1cc(-c2ccccc2Cl)c2c(c1)N(c1c(Cl)cccc1Cl)C(=O)NC2. The molecule has 1 aliphatic heterocycles. The van der Waals surface area contributed by atoms with Gasteiger partial charge < -0.3 is 10.4 Å². The van der Waals surface area contributed by atoms with E-state index in [2.05, 4.69) is 5.32 Å². The normalized spacial score (nSPS) is 14.3. The fourth-order valence-corrected chi connectivity index (χ4v) is 4.45. The molecular weight excluding hydrogens is 443 g/mol. The Labute approximate surface area is 190 Å². The van der Waals surface area contributed by atoms with Crippen molar-refractivity contribution in [1.29, 1.82) is 0 Å². The number of urea groups is 1. The van der Waals surface area contributed by atoms with Crippen molar-refractivity contribution in [3.8, 4) is 11.1 Å². The van der Waals surface area contributed by atoms with Gasteiger partial charge in [-0.15, -0.1) is 0 Å². The molecule has 0 saturated heterocycles. The summed E-state index contributed by atoms with van der Waals surface area (Å²) in [5, 5.41) is 14.0. The van der Waals surface area contributed by atoms with E-state index >= 15 is 0 Å². The highest BCUT2D eigenvalue weighted by Crippen LogP contribution is 2.45. The number of benzene rings is 3. The van der Waals surface area contributed by atoms with E-state index in [9.17, 15) is 9.90 Å². The number of nitrogens with zero attached hydrogens (tertiary/aromatic N) is 1. The molecule has 2 amide bonds. The van der Waals surface area contributed by atoms with Gasteiger partial charge in [-0.05, 0) is 35.4 Å². The molecular formula is C23H19Cl3N2O2. The van der Waals surface area contributed by atoms with Gasteiger partial charge in [0.25, 0.3) is 0 Å². The van der Waals surface area contributed by atoms with Crippen LogP contribution in [0.3, 0.4) is 0 Å². The summed E-state index contributed by atoms with van der Waals surface area (Å²) < 4.78 is 0. The summed E-state index contributed by atoms with van der Waals surface area (Å²) in [6.07, 6.45) is 0. The van der Waals surface area contributed by atoms with Gasteiger partial charge >= 0.3 is 6.03 Å². The van der Waals surface area contributed by atoms with Gasteiger partial charge in [0.15, 0.2) is 0 Å². The quantitative estimate of drug-likeness (QED) is 0.450. The number of rotatable bonds is 4. The van der Waals surface area contributed by atoms with Gasteiger partial charge in [0.1, 0.15) is 0 Å².